The minimum Gasteiger partial charge on any atom is -0.466 e. The average molecular weight is 425 g/mol. The van der Waals surface area contributed by atoms with E-state index in [2.05, 4.69) is 9.47 Å². The molecule has 1 heterocycles. The second kappa shape index (κ2) is 8.41. The Bertz CT molecular complexity index is 536. The van der Waals surface area contributed by atoms with Crippen LogP contribution in [-0.2, 0) is 19.1 Å². The second-order valence-electron chi connectivity index (χ2n) is 6.16. The van der Waals surface area contributed by atoms with Gasteiger partial charge in [0.05, 0.1) is 18.8 Å². The Labute approximate surface area is 156 Å². The summed E-state index contributed by atoms with van der Waals surface area (Å²) in [6.07, 6.45) is -12.0. The van der Waals surface area contributed by atoms with Gasteiger partial charge in [0.2, 0.25) is 0 Å². The van der Waals surface area contributed by atoms with Crippen LogP contribution in [0.5, 0.6) is 0 Å². The van der Waals surface area contributed by atoms with Crippen molar-refractivity contribution in [3.05, 3.63) is 0 Å². The Morgan fingerprint density at radius 2 is 1.21 bits per heavy atom. The van der Waals surface area contributed by atoms with E-state index < -0.39 is 78.5 Å². The number of hydrogen-bond donors (Lipinski definition) is 2. The Morgan fingerprint density at radius 1 is 0.893 bits per heavy atom. The van der Waals surface area contributed by atoms with Gasteiger partial charge < -0.3 is 19.8 Å². The first kappa shape index (κ1) is 24.4. The minimum absolute atomic E-state index is 0.447. The molecule has 2 N–H and O–H groups in total. The predicted molar refractivity (Wildman–Crippen MR) is 78.8 cm³/mol. The molecule has 1 aliphatic heterocycles. The molecule has 13 heteroatoms. The van der Waals surface area contributed by atoms with E-state index in [1.807, 2.05) is 0 Å². The number of ether oxygens (including phenoxy) is 2. The van der Waals surface area contributed by atoms with E-state index >= 15 is 0 Å². The Morgan fingerprint density at radius 3 is 1.43 bits per heavy atom. The number of carbonyl (C=O) groups excluding carboxylic acids is 2. The molecule has 0 aliphatic carbocycles. The van der Waals surface area contributed by atoms with E-state index in [1.54, 1.807) is 0 Å². The van der Waals surface area contributed by atoms with Crippen LogP contribution in [0.3, 0.4) is 0 Å². The molecule has 0 amide bonds. The van der Waals surface area contributed by atoms with E-state index in [9.17, 15) is 46.2 Å². The van der Waals surface area contributed by atoms with Crippen molar-refractivity contribution in [2.24, 2.45) is 11.8 Å². The standard InChI is InChI=1S/C15H21F6NO6/c1-4-13(25)7(11(23)27-5-2)9(14(16,17)18)22(26)10(15(19,20)21)8(13)12(24)28-6-3/h7-10,25-26H,4-6H2,1-3H3. The van der Waals surface area contributed by atoms with Gasteiger partial charge in [-0.1, -0.05) is 6.92 Å². The van der Waals surface area contributed by atoms with Crippen molar-refractivity contribution < 1.29 is 55.7 Å². The van der Waals surface area contributed by atoms with Crippen LogP contribution in [0.15, 0.2) is 0 Å². The molecule has 0 radical (unpaired) electrons. The summed E-state index contributed by atoms with van der Waals surface area (Å²) in [5.41, 5.74) is -3.15. The summed E-state index contributed by atoms with van der Waals surface area (Å²) in [7, 11) is 0. The van der Waals surface area contributed by atoms with Gasteiger partial charge in [0.25, 0.3) is 0 Å². The molecule has 1 aliphatic rings. The molecule has 0 aromatic carbocycles. The maximum absolute atomic E-state index is 13.6. The number of piperidine rings is 1. The van der Waals surface area contributed by atoms with Gasteiger partial charge in [0, 0.05) is 0 Å². The Kier molecular flexibility index (Phi) is 7.34. The molecule has 0 aromatic heterocycles. The van der Waals surface area contributed by atoms with Crippen LogP contribution >= 0.6 is 0 Å². The summed E-state index contributed by atoms with van der Waals surface area (Å²) >= 11 is 0. The van der Waals surface area contributed by atoms with Crippen LogP contribution in [0.25, 0.3) is 0 Å². The van der Waals surface area contributed by atoms with Crippen LogP contribution in [0, 0.1) is 11.8 Å². The highest BCUT2D eigenvalue weighted by Gasteiger charge is 2.73. The molecule has 0 spiro atoms. The lowest BCUT2D eigenvalue weighted by Crippen LogP contribution is -2.75. The lowest BCUT2D eigenvalue weighted by atomic mass is 9.65. The largest absolute Gasteiger partial charge is 0.466 e. The van der Waals surface area contributed by atoms with E-state index in [1.165, 1.54) is 13.8 Å². The fourth-order valence-electron chi connectivity index (χ4n) is 3.47. The van der Waals surface area contributed by atoms with Gasteiger partial charge in [0.1, 0.15) is 23.9 Å². The van der Waals surface area contributed by atoms with Crippen LogP contribution in [0.2, 0.25) is 0 Å². The first-order valence-corrected chi connectivity index (χ1v) is 8.34. The molecule has 0 aromatic rings. The molecular formula is C15H21F6NO6. The molecular weight excluding hydrogens is 404 g/mol. The van der Waals surface area contributed by atoms with Crippen molar-refractivity contribution in [3.8, 4) is 0 Å². The van der Waals surface area contributed by atoms with Crippen molar-refractivity contribution in [2.75, 3.05) is 13.2 Å². The molecule has 7 nitrogen and oxygen atoms in total. The molecule has 0 saturated carbocycles. The van der Waals surface area contributed by atoms with Crippen molar-refractivity contribution in [3.63, 3.8) is 0 Å². The minimum atomic E-state index is -5.57. The Hall–Kier alpha value is -1.60. The van der Waals surface area contributed by atoms with Crippen LogP contribution < -0.4 is 0 Å². The molecule has 0 bridgehead atoms. The summed E-state index contributed by atoms with van der Waals surface area (Å²) in [6.45, 7) is 2.57. The number of hydroxylamine groups is 2. The van der Waals surface area contributed by atoms with Crippen LogP contribution in [-0.4, -0.2) is 70.6 Å². The number of esters is 2. The summed E-state index contributed by atoms with van der Waals surface area (Å²) in [4.78, 5) is 24.4. The lowest BCUT2D eigenvalue weighted by Gasteiger charge is -2.53. The summed E-state index contributed by atoms with van der Waals surface area (Å²) in [5.74, 6) is -8.86. The number of nitrogens with zero attached hydrogens (tertiary/aromatic N) is 1. The fraction of sp³-hybridized carbons (Fsp3) is 0.867. The molecule has 4 atom stereocenters. The van der Waals surface area contributed by atoms with Gasteiger partial charge in [-0.2, -0.15) is 31.4 Å². The monoisotopic (exact) mass is 425 g/mol. The molecule has 164 valence electrons. The zero-order valence-corrected chi connectivity index (χ0v) is 15.2. The van der Waals surface area contributed by atoms with Gasteiger partial charge in [-0.3, -0.25) is 9.59 Å². The third-order valence-corrected chi connectivity index (χ3v) is 4.60. The zero-order valence-electron chi connectivity index (χ0n) is 15.2. The topological polar surface area (TPSA) is 96.3 Å². The van der Waals surface area contributed by atoms with Crippen LogP contribution in [0.1, 0.15) is 27.2 Å². The molecule has 28 heavy (non-hydrogen) atoms. The van der Waals surface area contributed by atoms with Crippen molar-refractivity contribution in [1.29, 1.82) is 0 Å². The second-order valence-corrected chi connectivity index (χ2v) is 6.16. The van der Waals surface area contributed by atoms with Gasteiger partial charge in [-0.15, -0.1) is 0 Å². The first-order chi connectivity index (χ1) is 12.7. The lowest BCUT2D eigenvalue weighted by molar-refractivity contribution is -0.369. The number of hydrogen-bond acceptors (Lipinski definition) is 7. The highest BCUT2D eigenvalue weighted by molar-refractivity contribution is 5.81. The number of halogens is 6. The van der Waals surface area contributed by atoms with E-state index in [0.29, 0.717) is 0 Å². The molecule has 1 fully saturated rings. The van der Waals surface area contributed by atoms with E-state index in [-0.39, 0.29) is 0 Å². The highest BCUT2D eigenvalue weighted by Crippen LogP contribution is 2.51. The summed E-state index contributed by atoms with van der Waals surface area (Å²) < 4.78 is 90.3. The maximum Gasteiger partial charge on any atom is 0.407 e. The summed E-state index contributed by atoms with van der Waals surface area (Å²) in [6, 6.07) is -6.93. The number of carbonyl (C=O) groups is 2. The first-order valence-electron chi connectivity index (χ1n) is 8.34. The van der Waals surface area contributed by atoms with Gasteiger partial charge in [-0.05, 0) is 20.3 Å². The Balaban J connectivity index is 3.78. The van der Waals surface area contributed by atoms with E-state index in [0.717, 1.165) is 6.92 Å². The summed E-state index contributed by atoms with van der Waals surface area (Å²) in [5, 5.41) is 19.6. The molecule has 1 rings (SSSR count). The maximum atomic E-state index is 13.6. The third-order valence-electron chi connectivity index (χ3n) is 4.60. The number of rotatable bonds is 5. The number of alkyl halides is 6. The SMILES string of the molecule is CCOC(=O)C1C(C(F)(F)F)N(O)C(C(F)(F)F)C(C(=O)OCC)C1(O)CC. The van der Waals surface area contributed by atoms with E-state index in [4.69, 9.17) is 0 Å². The fourth-order valence-corrected chi connectivity index (χ4v) is 3.47. The molecule has 4 unspecified atom stereocenters. The van der Waals surface area contributed by atoms with Gasteiger partial charge in [0.15, 0.2) is 0 Å². The predicted octanol–water partition coefficient (Wildman–Crippen LogP) is 2.05. The smallest absolute Gasteiger partial charge is 0.407 e. The average Bonchev–Trinajstić information content (AvgIpc) is 2.53. The normalized spacial score (nSPS) is 32.1. The third kappa shape index (κ3) is 4.35. The quantitative estimate of drug-likeness (QED) is 0.514. The van der Waals surface area contributed by atoms with Crippen molar-refractivity contribution in [2.45, 2.75) is 57.2 Å². The van der Waals surface area contributed by atoms with Gasteiger partial charge in [-0.25, -0.2) is 0 Å². The number of aliphatic hydroxyl groups is 1. The van der Waals surface area contributed by atoms with Crippen molar-refractivity contribution in [1.82, 2.24) is 5.06 Å². The zero-order chi connectivity index (χ0) is 22.1. The molecule has 1 saturated heterocycles. The highest BCUT2D eigenvalue weighted by atomic mass is 19.4. The van der Waals surface area contributed by atoms with Gasteiger partial charge >= 0.3 is 24.3 Å². The van der Waals surface area contributed by atoms with Crippen LogP contribution in [0.4, 0.5) is 26.3 Å². The van der Waals surface area contributed by atoms with Crippen molar-refractivity contribution >= 4 is 11.9 Å².